The first-order chi connectivity index (χ1) is 13.0. The molecule has 0 aliphatic heterocycles. The van der Waals surface area contributed by atoms with Crippen LogP contribution in [-0.2, 0) is 11.8 Å². The number of aromatic nitrogens is 4. The zero-order valence-corrected chi connectivity index (χ0v) is 14.8. The molecule has 140 valence electrons. The van der Waals surface area contributed by atoms with Gasteiger partial charge in [-0.15, -0.1) is 10.2 Å². The highest BCUT2D eigenvalue weighted by Crippen LogP contribution is 2.47. The lowest BCUT2D eigenvalue weighted by Crippen LogP contribution is -2.38. The van der Waals surface area contributed by atoms with Crippen molar-refractivity contribution in [2.45, 2.75) is 37.5 Å². The fourth-order valence-corrected chi connectivity index (χ4v) is 3.53. The molecule has 0 spiro atoms. The summed E-state index contributed by atoms with van der Waals surface area (Å²) in [4.78, 5) is 8.54. The van der Waals surface area contributed by atoms with Crippen molar-refractivity contribution < 1.29 is 17.6 Å². The maximum absolute atomic E-state index is 14.5. The maximum Gasteiger partial charge on any atom is 0.314 e. The summed E-state index contributed by atoms with van der Waals surface area (Å²) in [6, 6.07) is 5.01. The van der Waals surface area contributed by atoms with Gasteiger partial charge in [0.15, 0.2) is 0 Å². The third kappa shape index (κ3) is 3.29. The Bertz CT molecular complexity index is 957. The highest BCUT2D eigenvalue weighted by atomic mass is 35.5. The summed E-state index contributed by atoms with van der Waals surface area (Å²) in [6.07, 6.45) is 3.11. The van der Waals surface area contributed by atoms with Crippen LogP contribution < -0.4 is 0 Å². The molecule has 0 atom stereocenters. The topological polar surface area (TPSA) is 64.7 Å². The van der Waals surface area contributed by atoms with Crippen molar-refractivity contribution in [2.24, 2.45) is 0 Å². The zero-order chi connectivity index (χ0) is 19.0. The second-order valence-electron chi connectivity index (χ2n) is 6.55. The number of halogens is 4. The smallest absolute Gasteiger partial charge is 0.314 e. The number of rotatable bonds is 5. The molecular weight excluding hydrogens is 381 g/mol. The van der Waals surface area contributed by atoms with Gasteiger partial charge in [0.25, 0.3) is 11.8 Å². The third-order valence-corrected chi connectivity index (χ3v) is 5.20. The van der Waals surface area contributed by atoms with Gasteiger partial charge in [-0.3, -0.25) is 0 Å². The van der Waals surface area contributed by atoms with E-state index in [9.17, 15) is 13.2 Å². The van der Waals surface area contributed by atoms with Crippen LogP contribution in [0.5, 0.6) is 0 Å². The van der Waals surface area contributed by atoms with Gasteiger partial charge in [-0.1, -0.05) is 30.2 Å². The molecule has 0 radical (unpaired) electrons. The van der Waals surface area contributed by atoms with Gasteiger partial charge >= 0.3 is 6.43 Å². The van der Waals surface area contributed by atoms with E-state index in [1.807, 2.05) is 0 Å². The Balaban J connectivity index is 1.57. The first-order valence-electron chi connectivity index (χ1n) is 8.36. The van der Waals surface area contributed by atoms with Crippen LogP contribution in [0, 0.1) is 5.82 Å². The molecule has 0 unspecified atom stereocenters. The highest BCUT2D eigenvalue weighted by Gasteiger charge is 2.41. The normalized spacial score (nSPS) is 15.7. The van der Waals surface area contributed by atoms with E-state index < -0.39 is 18.1 Å². The summed E-state index contributed by atoms with van der Waals surface area (Å²) in [7, 11) is 0. The molecule has 9 heteroatoms. The summed E-state index contributed by atoms with van der Waals surface area (Å²) in [5, 5.41) is 6.94. The number of hydrogen-bond donors (Lipinski definition) is 0. The van der Waals surface area contributed by atoms with Crippen LogP contribution in [0.3, 0.4) is 0 Å². The average molecular weight is 395 g/mol. The van der Waals surface area contributed by atoms with Crippen LogP contribution in [0.15, 0.2) is 35.0 Å². The standard InChI is InChI=1S/C18H14ClF3N4O/c19-12-4-1-3-11(14(12)20)18(5-2-6-18)7-13-23-8-10(9-24-13)16-25-26-17(27-16)15(21)22/h1,3-4,8-9,15H,2,5-7H2. The van der Waals surface area contributed by atoms with E-state index >= 15 is 0 Å². The van der Waals surface area contributed by atoms with Gasteiger partial charge in [0.1, 0.15) is 11.6 Å². The molecule has 2 heterocycles. The molecule has 27 heavy (non-hydrogen) atoms. The molecule has 5 nitrogen and oxygen atoms in total. The van der Waals surface area contributed by atoms with E-state index in [4.69, 9.17) is 16.0 Å². The molecule has 1 saturated carbocycles. The zero-order valence-electron chi connectivity index (χ0n) is 14.0. The Morgan fingerprint density at radius 3 is 2.48 bits per heavy atom. The number of alkyl halides is 2. The van der Waals surface area contributed by atoms with E-state index in [-0.39, 0.29) is 16.3 Å². The summed E-state index contributed by atoms with van der Waals surface area (Å²) in [5.74, 6) is -0.706. The molecule has 0 saturated heterocycles. The molecule has 1 fully saturated rings. The molecule has 0 N–H and O–H groups in total. The minimum Gasteiger partial charge on any atom is -0.415 e. The lowest BCUT2D eigenvalue weighted by atomic mass is 9.62. The van der Waals surface area contributed by atoms with Gasteiger partial charge in [-0.25, -0.2) is 14.4 Å². The van der Waals surface area contributed by atoms with Crippen LogP contribution in [0.4, 0.5) is 13.2 Å². The van der Waals surface area contributed by atoms with Crippen LogP contribution in [-0.4, -0.2) is 20.2 Å². The molecule has 0 bridgehead atoms. The van der Waals surface area contributed by atoms with Gasteiger partial charge in [0.05, 0.1) is 10.6 Å². The Kier molecular flexibility index (Phi) is 4.59. The Labute approximate surface area is 157 Å². The lowest BCUT2D eigenvalue weighted by molar-refractivity contribution is 0.116. The van der Waals surface area contributed by atoms with Crippen LogP contribution >= 0.6 is 11.6 Å². The third-order valence-electron chi connectivity index (χ3n) is 4.91. The van der Waals surface area contributed by atoms with Crippen molar-refractivity contribution in [1.29, 1.82) is 0 Å². The summed E-state index contributed by atoms with van der Waals surface area (Å²) in [6.45, 7) is 0. The SMILES string of the molecule is Fc1c(Cl)cccc1C1(Cc2ncc(-c3nnc(C(F)F)o3)cn2)CCC1. The molecule has 4 rings (SSSR count). The van der Waals surface area contributed by atoms with Crippen LogP contribution in [0.2, 0.25) is 5.02 Å². The summed E-state index contributed by atoms with van der Waals surface area (Å²) >= 11 is 5.93. The monoisotopic (exact) mass is 394 g/mol. The molecule has 2 aromatic heterocycles. The molecule has 0 amide bonds. The second kappa shape index (κ2) is 6.92. The average Bonchev–Trinajstić information content (AvgIpc) is 3.12. The van der Waals surface area contributed by atoms with Crippen molar-refractivity contribution in [2.75, 3.05) is 0 Å². The quantitative estimate of drug-likeness (QED) is 0.614. The summed E-state index contributed by atoms with van der Waals surface area (Å²) < 4.78 is 44.5. The fraction of sp³-hybridized carbons (Fsp3) is 0.333. The van der Waals surface area contributed by atoms with Crippen molar-refractivity contribution in [3.63, 3.8) is 0 Å². The molecule has 1 aromatic carbocycles. The molecule has 3 aromatic rings. The predicted octanol–water partition coefficient (Wildman–Crippen LogP) is 4.92. The Morgan fingerprint density at radius 2 is 1.89 bits per heavy atom. The van der Waals surface area contributed by atoms with Crippen molar-refractivity contribution in [3.8, 4) is 11.5 Å². The van der Waals surface area contributed by atoms with Crippen LogP contribution in [0.25, 0.3) is 11.5 Å². The van der Waals surface area contributed by atoms with E-state index in [0.29, 0.717) is 23.4 Å². The van der Waals surface area contributed by atoms with E-state index in [1.54, 1.807) is 12.1 Å². The van der Waals surface area contributed by atoms with Crippen LogP contribution in [0.1, 0.15) is 43.0 Å². The number of benzene rings is 1. The maximum atomic E-state index is 14.5. The first kappa shape index (κ1) is 17.9. The number of hydrogen-bond acceptors (Lipinski definition) is 5. The molecule has 1 aliphatic carbocycles. The fourth-order valence-electron chi connectivity index (χ4n) is 3.36. The first-order valence-corrected chi connectivity index (χ1v) is 8.74. The molecular formula is C18H14ClF3N4O. The Morgan fingerprint density at radius 1 is 1.15 bits per heavy atom. The van der Waals surface area contributed by atoms with E-state index in [0.717, 1.165) is 19.3 Å². The number of nitrogens with zero attached hydrogens (tertiary/aromatic N) is 4. The van der Waals surface area contributed by atoms with Crippen molar-refractivity contribution >= 4 is 11.6 Å². The van der Waals surface area contributed by atoms with E-state index in [2.05, 4.69) is 20.2 Å². The minimum atomic E-state index is -2.84. The Hall–Kier alpha value is -2.48. The highest BCUT2D eigenvalue weighted by molar-refractivity contribution is 6.30. The van der Waals surface area contributed by atoms with Gasteiger partial charge < -0.3 is 4.42 Å². The predicted molar refractivity (Wildman–Crippen MR) is 90.9 cm³/mol. The largest absolute Gasteiger partial charge is 0.415 e. The van der Waals surface area contributed by atoms with Gasteiger partial charge in [-0.2, -0.15) is 8.78 Å². The van der Waals surface area contributed by atoms with Gasteiger partial charge in [0, 0.05) is 24.2 Å². The van der Waals surface area contributed by atoms with E-state index in [1.165, 1.54) is 18.5 Å². The van der Waals surface area contributed by atoms with Gasteiger partial charge in [-0.05, 0) is 24.5 Å². The van der Waals surface area contributed by atoms with Crippen molar-refractivity contribution in [1.82, 2.24) is 20.2 Å². The summed E-state index contributed by atoms with van der Waals surface area (Å²) in [5.41, 5.74) is 0.534. The minimum absolute atomic E-state index is 0.0731. The second-order valence-corrected chi connectivity index (χ2v) is 6.95. The van der Waals surface area contributed by atoms with Crippen molar-refractivity contribution in [3.05, 3.63) is 58.7 Å². The molecule has 1 aliphatic rings. The lowest BCUT2D eigenvalue weighted by Gasteiger charge is -2.42. The van der Waals surface area contributed by atoms with Gasteiger partial charge in [0.2, 0.25) is 0 Å².